The molecule has 0 radical (unpaired) electrons. The first-order chi connectivity index (χ1) is 9.16. The van der Waals surface area contributed by atoms with Crippen molar-refractivity contribution in [2.24, 2.45) is 0 Å². The zero-order valence-corrected chi connectivity index (χ0v) is 11.7. The number of thioether (sulfide) groups is 1. The Morgan fingerprint density at radius 2 is 2.26 bits per heavy atom. The van der Waals surface area contributed by atoms with Gasteiger partial charge >= 0.3 is 0 Å². The van der Waals surface area contributed by atoms with Gasteiger partial charge in [-0.1, -0.05) is 36.0 Å². The molecule has 1 aromatic carbocycles. The average Bonchev–Trinajstić information content (AvgIpc) is 2.90. The summed E-state index contributed by atoms with van der Waals surface area (Å²) in [5.41, 5.74) is 2.32. The molecule has 0 spiro atoms. The van der Waals surface area contributed by atoms with Crippen LogP contribution in [0.3, 0.4) is 0 Å². The molecule has 0 bridgehead atoms. The highest BCUT2D eigenvalue weighted by atomic mass is 32.2. The van der Waals surface area contributed by atoms with Gasteiger partial charge in [-0.05, 0) is 25.0 Å². The number of aromatic amines is 1. The largest absolute Gasteiger partial charge is 0.349 e. The maximum absolute atomic E-state index is 11.8. The average molecular weight is 276 g/mol. The third-order valence-electron chi connectivity index (χ3n) is 2.77. The number of rotatable bonds is 5. The van der Waals surface area contributed by atoms with Crippen molar-refractivity contribution in [3.05, 3.63) is 41.7 Å². The van der Waals surface area contributed by atoms with Crippen LogP contribution in [0.5, 0.6) is 0 Å². The Morgan fingerprint density at radius 1 is 1.47 bits per heavy atom. The van der Waals surface area contributed by atoms with Crippen LogP contribution in [0.25, 0.3) is 0 Å². The monoisotopic (exact) mass is 276 g/mol. The van der Waals surface area contributed by atoms with E-state index in [-0.39, 0.29) is 11.9 Å². The molecule has 0 saturated heterocycles. The van der Waals surface area contributed by atoms with Gasteiger partial charge in [0.05, 0.1) is 11.8 Å². The standard InChI is InChI=1S/C13H16N4OS/c1-9-5-3-4-6-11(9)10(2)16-12(18)7-19-13-14-8-15-17-13/h3-6,8,10H,7H2,1-2H3,(H,16,18)(H,14,15,17). The normalized spacial score (nSPS) is 12.1. The number of amides is 1. The second-order valence-corrected chi connectivity index (χ2v) is 5.19. The molecule has 0 aliphatic rings. The predicted octanol–water partition coefficient (Wildman–Crippen LogP) is 2.08. The quantitative estimate of drug-likeness (QED) is 0.820. The lowest BCUT2D eigenvalue weighted by molar-refractivity contribution is -0.119. The van der Waals surface area contributed by atoms with Gasteiger partial charge in [-0.2, -0.15) is 5.10 Å². The Bertz CT molecular complexity index is 541. The second kappa shape index (κ2) is 6.38. The molecule has 2 aromatic rings. The molecule has 5 nitrogen and oxygen atoms in total. The summed E-state index contributed by atoms with van der Waals surface area (Å²) < 4.78 is 0. The third kappa shape index (κ3) is 3.82. The number of hydrogen-bond donors (Lipinski definition) is 2. The van der Waals surface area contributed by atoms with E-state index in [2.05, 4.69) is 20.5 Å². The molecule has 1 aromatic heterocycles. The van der Waals surface area contributed by atoms with Crippen LogP contribution in [0.4, 0.5) is 0 Å². The maximum atomic E-state index is 11.8. The van der Waals surface area contributed by atoms with Crippen LogP contribution in [0, 0.1) is 6.92 Å². The fourth-order valence-electron chi connectivity index (χ4n) is 1.83. The van der Waals surface area contributed by atoms with E-state index in [9.17, 15) is 4.79 Å². The summed E-state index contributed by atoms with van der Waals surface area (Å²) in [6, 6.07) is 8.05. The van der Waals surface area contributed by atoms with E-state index in [1.807, 2.05) is 38.1 Å². The number of carbonyl (C=O) groups is 1. The lowest BCUT2D eigenvalue weighted by atomic mass is 10.0. The van der Waals surface area contributed by atoms with Gasteiger partial charge in [0.2, 0.25) is 5.91 Å². The highest BCUT2D eigenvalue weighted by molar-refractivity contribution is 7.99. The van der Waals surface area contributed by atoms with Crippen LogP contribution < -0.4 is 5.32 Å². The molecule has 1 atom stereocenters. The van der Waals surface area contributed by atoms with Crippen molar-refractivity contribution in [2.75, 3.05) is 5.75 Å². The van der Waals surface area contributed by atoms with Gasteiger partial charge < -0.3 is 5.32 Å². The highest BCUT2D eigenvalue weighted by Gasteiger charge is 2.11. The molecule has 100 valence electrons. The summed E-state index contributed by atoms with van der Waals surface area (Å²) in [5, 5.41) is 10.1. The van der Waals surface area contributed by atoms with Crippen LogP contribution >= 0.6 is 11.8 Å². The topological polar surface area (TPSA) is 70.7 Å². The zero-order valence-electron chi connectivity index (χ0n) is 10.9. The number of nitrogens with one attached hydrogen (secondary N) is 2. The van der Waals surface area contributed by atoms with Crippen molar-refractivity contribution in [3.8, 4) is 0 Å². The Labute approximate surface area is 116 Å². The molecule has 0 aliphatic carbocycles. The van der Waals surface area contributed by atoms with E-state index in [0.29, 0.717) is 10.9 Å². The van der Waals surface area contributed by atoms with E-state index in [0.717, 1.165) is 5.56 Å². The minimum absolute atomic E-state index is 0.00373. The van der Waals surface area contributed by atoms with E-state index in [4.69, 9.17) is 0 Å². The van der Waals surface area contributed by atoms with E-state index in [1.165, 1.54) is 23.7 Å². The number of carbonyl (C=O) groups excluding carboxylic acids is 1. The molecule has 2 rings (SSSR count). The Kier molecular flexibility index (Phi) is 4.57. The van der Waals surface area contributed by atoms with E-state index in [1.54, 1.807) is 0 Å². The summed E-state index contributed by atoms with van der Waals surface area (Å²) >= 11 is 1.34. The van der Waals surface area contributed by atoms with Crippen molar-refractivity contribution in [1.29, 1.82) is 0 Å². The number of benzene rings is 1. The smallest absolute Gasteiger partial charge is 0.230 e. The molecular formula is C13H16N4OS. The van der Waals surface area contributed by atoms with Gasteiger partial charge in [0.1, 0.15) is 6.33 Å². The first-order valence-corrected chi connectivity index (χ1v) is 6.98. The number of aromatic nitrogens is 3. The number of nitrogens with zero attached hydrogens (tertiary/aromatic N) is 2. The minimum atomic E-state index is -0.0165. The van der Waals surface area contributed by atoms with Gasteiger partial charge in [-0.3, -0.25) is 9.89 Å². The Hall–Kier alpha value is -1.82. The van der Waals surface area contributed by atoms with Gasteiger partial charge in [-0.25, -0.2) is 4.98 Å². The van der Waals surface area contributed by atoms with Crippen LogP contribution in [-0.4, -0.2) is 26.8 Å². The third-order valence-corrected chi connectivity index (χ3v) is 3.64. The van der Waals surface area contributed by atoms with Crippen molar-refractivity contribution in [1.82, 2.24) is 20.5 Å². The summed E-state index contributed by atoms with van der Waals surface area (Å²) in [5.74, 6) is 0.308. The van der Waals surface area contributed by atoms with Gasteiger partial charge in [0.25, 0.3) is 0 Å². The Morgan fingerprint density at radius 3 is 2.95 bits per heavy atom. The van der Waals surface area contributed by atoms with Gasteiger partial charge in [-0.15, -0.1) is 0 Å². The number of H-pyrrole nitrogens is 1. The summed E-state index contributed by atoms with van der Waals surface area (Å²) in [4.78, 5) is 15.8. The van der Waals surface area contributed by atoms with Crippen molar-refractivity contribution < 1.29 is 4.79 Å². The summed E-state index contributed by atoms with van der Waals surface area (Å²) in [6.07, 6.45) is 1.43. The second-order valence-electron chi connectivity index (χ2n) is 4.23. The van der Waals surface area contributed by atoms with Gasteiger partial charge in [0.15, 0.2) is 5.16 Å². The van der Waals surface area contributed by atoms with Crippen molar-refractivity contribution in [2.45, 2.75) is 25.0 Å². The van der Waals surface area contributed by atoms with Crippen LogP contribution in [-0.2, 0) is 4.79 Å². The molecule has 0 fully saturated rings. The van der Waals surface area contributed by atoms with Gasteiger partial charge in [0, 0.05) is 0 Å². The van der Waals surface area contributed by atoms with E-state index >= 15 is 0 Å². The number of hydrogen-bond acceptors (Lipinski definition) is 4. The van der Waals surface area contributed by atoms with Crippen LogP contribution in [0.15, 0.2) is 35.7 Å². The lowest BCUT2D eigenvalue weighted by Gasteiger charge is -2.16. The van der Waals surface area contributed by atoms with Crippen LogP contribution in [0.2, 0.25) is 0 Å². The lowest BCUT2D eigenvalue weighted by Crippen LogP contribution is -2.28. The summed E-state index contributed by atoms with van der Waals surface area (Å²) in [6.45, 7) is 4.03. The van der Waals surface area contributed by atoms with Crippen molar-refractivity contribution in [3.63, 3.8) is 0 Å². The first kappa shape index (κ1) is 13.6. The fraction of sp³-hybridized carbons (Fsp3) is 0.308. The maximum Gasteiger partial charge on any atom is 0.230 e. The molecule has 6 heteroatoms. The minimum Gasteiger partial charge on any atom is -0.349 e. The predicted molar refractivity (Wildman–Crippen MR) is 74.8 cm³/mol. The Balaban J connectivity index is 1.87. The molecule has 2 N–H and O–H groups in total. The first-order valence-electron chi connectivity index (χ1n) is 6.00. The van der Waals surface area contributed by atoms with E-state index < -0.39 is 0 Å². The highest BCUT2D eigenvalue weighted by Crippen LogP contribution is 2.17. The molecular weight excluding hydrogens is 260 g/mol. The summed E-state index contributed by atoms with van der Waals surface area (Å²) in [7, 11) is 0. The zero-order chi connectivity index (χ0) is 13.7. The van der Waals surface area contributed by atoms with Crippen LogP contribution in [0.1, 0.15) is 24.1 Å². The van der Waals surface area contributed by atoms with Crippen molar-refractivity contribution >= 4 is 17.7 Å². The SMILES string of the molecule is Cc1ccccc1C(C)NC(=O)CSc1ncn[nH]1. The molecule has 0 aliphatic heterocycles. The fourth-order valence-corrected chi connectivity index (χ4v) is 2.42. The molecule has 0 saturated carbocycles. The number of aryl methyl sites for hydroxylation is 1. The molecule has 1 amide bonds. The molecule has 19 heavy (non-hydrogen) atoms. The molecule has 1 unspecified atom stereocenters. The molecule has 1 heterocycles.